The van der Waals surface area contributed by atoms with Crippen molar-refractivity contribution in [2.45, 2.75) is 0 Å². The van der Waals surface area contributed by atoms with Crippen LogP contribution in [0.5, 0.6) is 0 Å². The first-order chi connectivity index (χ1) is 11.9. The highest BCUT2D eigenvalue weighted by atomic mass is 79.9. The minimum atomic E-state index is -0.482. The molecule has 25 heavy (non-hydrogen) atoms. The van der Waals surface area contributed by atoms with Crippen LogP contribution in [-0.2, 0) is 4.79 Å². The van der Waals surface area contributed by atoms with Crippen LogP contribution in [-0.4, -0.2) is 29.7 Å². The fourth-order valence-electron chi connectivity index (χ4n) is 2.43. The Morgan fingerprint density at radius 1 is 1.12 bits per heavy atom. The van der Waals surface area contributed by atoms with Crippen LogP contribution in [0.3, 0.4) is 0 Å². The lowest BCUT2D eigenvalue weighted by molar-refractivity contribution is -0.111. The molecular formula is C18H12BrFN2O3. The first kappa shape index (κ1) is 17.0. The molecule has 1 aliphatic heterocycles. The van der Waals surface area contributed by atoms with Gasteiger partial charge in [-0.3, -0.25) is 19.3 Å². The molecule has 2 aromatic carbocycles. The highest BCUT2D eigenvalue weighted by molar-refractivity contribution is 9.10. The van der Waals surface area contributed by atoms with Gasteiger partial charge in [0.05, 0.1) is 11.1 Å². The summed E-state index contributed by atoms with van der Waals surface area (Å²) >= 11 is 3.24. The first-order valence-corrected chi connectivity index (χ1v) is 8.06. The van der Waals surface area contributed by atoms with Crippen molar-refractivity contribution in [1.82, 2.24) is 4.90 Å². The van der Waals surface area contributed by atoms with Gasteiger partial charge in [-0.05, 0) is 42.5 Å². The normalized spacial score (nSPS) is 13.5. The fourth-order valence-corrected chi connectivity index (χ4v) is 2.81. The number of nitrogens with one attached hydrogen (secondary N) is 1. The number of fused-ring (bicyclic) bond motifs is 1. The number of rotatable bonds is 3. The van der Waals surface area contributed by atoms with Gasteiger partial charge in [0.15, 0.2) is 0 Å². The van der Waals surface area contributed by atoms with Crippen LogP contribution < -0.4 is 5.32 Å². The summed E-state index contributed by atoms with van der Waals surface area (Å²) in [7, 11) is 1.40. The SMILES string of the molecule is CN1C(=O)c2ccc(NC(=O)C=Cc3cc(Br)ccc3F)cc2C1=O. The highest BCUT2D eigenvalue weighted by Crippen LogP contribution is 2.24. The Morgan fingerprint density at radius 2 is 1.84 bits per heavy atom. The third kappa shape index (κ3) is 3.36. The van der Waals surface area contributed by atoms with Gasteiger partial charge in [-0.1, -0.05) is 15.9 Å². The molecule has 1 aliphatic rings. The van der Waals surface area contributed by atoms with Crippen molar-refractivity contribution >= 4 is 45.4 Å². The average molecular weight is 403 g/mol. The average Bonchev–Trinajstić information content (AvgIpc) is 2.80. The van der Waals surface area contributed by atoms with Gasteiger partial charge < -0.3 is 5.32 Å². The van der Waals surface area contributed by atoms with Crippen LogP contribution in [0.4, 0.5) is 10.1 Å². The predicted octanol–water partition coefficient (Wildman–Crippen LogP) is 3.47. The van der Waals surface area contributed by atoms with Gasteiger partial charge in [0.25, 0.3) is 11.8 Å². The number of carbonyl (C=O) groups excluding carboxylic acids is 3. The molecule has 0 spiro atoms. The number of hydrogen-bond donors (Lipinski definition) is 1. The molecular weight excluding hydrogens is 391 g/mol. The van der Waals surface area contributed by atoms with E-state index < -0.39 is 17.6 Å². The van der Waals surface area contributed by atoms with Crippen molar-refractivity contribution in [1.29, 1.82) is 0 Å². The van der Waals surface area contributed by atoms with Gasteiger partial charge in [0.1, 0.15) is 5.82 Å². The lowest BCUT2D eigenvalue weighted by Gasteiger charge is -2.04. The maximum atomic E-state index is 13.6. The highest BCUT2D eigenvalue weighted by Gasteiger charge is 2.32. The third-order valence-corrected chi connectivity index (χ3v) is 4.22. The van der Waals surface area contributed by atoms with E-state index in [1.54, 1.807) is 12.1 Å². The Labute approximate surface area is 151 Å². The summed E-state index contributed by atoms with van der Waals surface area (Å²) in [5, 5.41) is 2.58. The zero-order chi connectivity index (χ0) is 18.1. The minimum Gasteiger partial charge on any atom is -0.322 e. The molecule has 126 valence electrons. The Hall–Kier alpha value is -2.80. The maximum Gasteiger partial charge on any atom is 0.261 e. The first-order valence-electron chi connectivity index (χ1n) is 7.27. The molecule has 5 nitrogen and oxygen atoms in total. The van der Waals surface area contributed by atoms with E-state index in [2.05, 4.69) is 21.2 Å². The van der Waals surface area contributed by atoms with E-state index >= 15 is 0 Å². The second-order valence-electron chi connectivity index (χ2n) is 5.42. The molecule has 2 aromatic rings. The molecule has 7 heteroatoms. The monoisotopic (exact) mass is 402 g/mol. The van der Waals surface area contributed by atoms with Crippen molar-refractivity contribution in [2.75, 3.05) is 12.4 Å². The van der Waals surface area contributed by atoms with E-state index in [-0.39, 0.29) is 17.0 Å². The van der Waals surface area contributed by atoms with Crippen LogP contribution in [0.2, 0.25) is 0 Å². The maximum absolute atomic E-state index is 13.6. The van der Waals surface area contributed by atoms with Crippen LogP contribution in [0.25, 0.3) is 6.08 Å². The van der Waals surface area contributed by atoms with Gasteiger partial charge >= 0.3 is 0 Å². The second kappa shape index (κ2) is 6.60. The molecule has 3 rings (SSSR count). The Morgan fingerprint density at radius 3 is 2.60 bits per heavy atom. The van der Waals surface area contributed by atoms with Gasteiger partial charge in [-0.2, -0.15) is 0 Å². The van der Waals surface area contributed by atoms with Crippen molar-refractivity contribution < 1.29 is 18.8 Å². The summed E-state index contributed by atoms with van der Waals surface area (Å²) in [5.41, 5.74) is 1.19. The number of amides is 3. The van der Waals surface area contributed by atoms with E-state index in [4.69, 9.17) is 0 Å². The Kier molecular flexibility index (Phi) is 4.50. The molecule has 1 heterocycles. The quantitative estimate of drug-likeness (QED) is 0.631. The number of carbonyl (C=O) groups is 3. The van der Waals surface area contributed by atoms with E-state index in [1.165, 1.54) is 43.5 Å². The van der Waals surface area contributed by atoms with Crippen LogP contribution >= 0.6 is 15.9 Å². The molecule has 0 atom stereocenters. The topological polar surface area (TPSA) is 66.5 Å². The summed E-state index contributed by atoms with van der Waals surface area (Å²) in [6.45, 7) is 0. The zero-order valence-electron chi connectivity index (χ0n) is 13.0. The Bertz CT molecular complexity index is 940. The van der Waals surface area contributed by atoms with Crippen LogP contribution in [0.15, 0.2) is 46.9 Å². The molecule has 0 saturated heterocycles. The lowest BCUT2D eigenvalue weighted by atomic mass is 10.1. The van der Waals surface area contributed by atoms with Crippen molar-refractivity contribution in [3.8, 4) is 0 Å². The lowest BCUT2D eigenvalue weighted by Crippen LogP contribution is -2.24. The molecule has 1 N–H and O–H groups in total. The van der Waals surface area contributed by atoms with E-state index in [0.29, 0.717) is 15.7 Å². The van der Waals surface area contributed by atoms with Gasteiger partial charge in [-0.25, -0.2) is 4.39 Å². The third-order valence-electron chi connectivity index (χ3n) is 3.73. The molecule has 0 saturated carbocycles. The van der Waals surface area contributed by atoms with Gasteiger partial charge in [0.2, 0.25) is 5.91 Å². The summed E-state index contributed by atoms with van der Waals surface area (Å²) in [5.74, 6) is -1.72. The number of nitrogens with zero attached hydrogens (tertiary/aromatic N) is 1. The standard InChI is InChI=1S/C18H12BrFN2O3/c1-22-17(24)13-5-4-12(9-14(13)18(22)25)21-16(23)7-2-10-8-11(19)3-6-15(10)20/h2-9H,1H3,(H,21,23). The number of anilines is 1. The Balaban J connectivity index is 1.76. The zero-order valence-corrected chi connectivity index (χ0v) is 14.6. The van der Waals surface area contributed by atoms with E-state index in [9.17, 15) is 18.8 Å². The molecule has 3 amide bonds. The molecule has 0 radical (unpaired) electrons. The largest absolute Gasteiger partial charge is 0.322 e. The number of hydrogen-bond acceptors (Lipinski definition) is 3. The summed E-state index contributed by atoms with van der Waals surface area (Å²) in [6.07, 6.45) is 2.54. The summed E-state index contributed by atoms with van der Waals surface area (Å²) in [6, 6.07) is 8.88. The predicted molar refractivity (Wildman–Crippen MR) is 94.6 cm³/mol. The number of imide groups is 1. The fraction of sp³-hybridized carbons (Fsp3) is 0.0556. The molecule has 0 aliphatic carbocycles. The van der Waals surface area contributed by atoms with Crippen molar-refractivity contribution in [3.05, 3.63) is 69.5 Å². The van der Waals surface area contributed by atoms with E-state index in [1.807, 2.05) is 0 Å². The summed E-state index contributed by atoms with van der Waals surface area (Å²) < 4.78 is 14.3. The summed E-state index contributed by atoms with van der Waals surface area (Å²) in [4.78, 5) is 36.8. The van der Waals surface area contributed by atoms with Gasteiger partial charge in [-0.15, -0.1) is 0 Å². The van der Waals surface area contributed by atoms with Crippen molar-refractivity contribution in [3.63, 3.8) is 0 Å². The van der Waals surface area contributed by atoms with E-state index in [0.717, 1.165) is 4.90 Å². The second-order valence-corrected chi connectivity index (χ2v) is 6.33. The van der Waals surface area contributed by atoms with Crippen molar-refractivity contribution in [2.24, 2.45) is 0 Å². The molecule has 0 aromatic heterocycles. The number of halogens is 2. The molecule has 0 unspecified atom stereocenters. The molecule has 0 bridgehead atoms. The van der Waals surface area contributed by atoms with Gasteiger partial charge in [0, 0.05) is 28.8 Å². The molecule has 0 fully saturated rings. The van der Waals surface area contributed by atoms with Crippen LogP contribution in [0, 0.1) is 5.82 Å². The smallest absolute Gasteiger partial charge is 0.261 e. The number of benzene rings is 2. The van der Waals surface area contributed by atoms with Crippen LogP contribution in [0.1, 0.15) is 26.3 Å². The minimum absolute atomic E-state index is 0.243.